The molecule has 0 aromatic carbocycles. The van der Waals surface area contributed by atoms with Crippen LogP contribution in [0.25, 0.3) is 0 Å². The van der Waals surface area contributed by atoms with Crippen LogP contribution in [-0.2, 0) is 6.54 Å². The lowest BCUT2D eigenvalue weighted by Crippen LogP contribution is -3.00. The van der Waals surface area contributed by atoms with Crippen LogP contribution in [-0.4, -0.2) is 5.38 Å². The van der Waals surface area contributed by atoms with Crippen LogP contribution in [0, 0.1) is 0 Å². The quantitative estimate of drug-likeness (QED) is 0.384. The Morgan fingerprint density at radius 2 is 1.75 bits per heavy atom. The number of alkyl halides is 1. The molecule has 1 atom stereocenters. The third kappa shape index (κ3) is 7.08. The molecule has 0 aliphatic rings. The van der Waals surface area contributed by atoms with Gasteiger partial charge in [0, 0.05) is 12.1 Å². The molecule has 1 nitrogen and oxygen atoms in total. The van der Waals surface area contributed by atoms with Crippen molar-refractivity contribution >= 4 is 11.6 Å². The first-order chi connectivity index (χ1) is 7.33. The van der Waals surface area contributed by atoms with E-state index in [2.05, 4.69) is 23.9 Å². The third-order valence-electron chi connectivity index (χ3n) is 2.56. The summed E-state index contributed by atoms with van der Waals surface area (Å²) in [4.78, 5) is 0. The van der Waals surface area contributed by atoms with Crippen LogP contribution in [0.1, 0.15) is 39.0 Å². The summed E-state index contributed by atoms with van der Waals surface area (Å²) in [5, 5.41) is 0.272. The number of aromatic nitrogens is 1. The van der Waals surface area contributed by atoms with E-state index in [9.17, 15) is 0 Å². The topological polar surface area (TPSA) is 3.88 Å². The van der Waals surface area contributed by atoms with Gasteiger partial charge in [-0.1, -0.05) is 38.7 Å². The molecule has 1 aromatic rings. The van der Waals surface area contributed by atoms with Gasteiger partial charge in [-0.3, -0.25) is 0 Å². The number of nitrogens with zero attached hydrogens (tertiary/aromatic N) is 1. The van der Waals surface area contributed by atoms with Gasteiger partial charge in [-0.05, 0) is 6.42 Å². The molecule has 92 valence electrons. The van der Waals surface area contributed by atoms with Crippen LogP contribution < -0.4 is 17.0 Å². The zero-order valence-corrected chi connectivity index (χ0v) is 11.4. The molecule has 0 amide bonds. The predicted octanol–water partition coefficient (Wildman–Crippen LogP) is 0.556. The van der Waals surface area contributed by atoms with Crippen molar-refractivity contribution < 1.29 is 17.0 Å². The average Bonchev–Trinajstić information content (AvgIpc) is 2.26. The first kappa shape index (κ1) is 15.7. The molecular formula is C13H21Cl2N. The minimum absolute atomic E-state index is 0. The molecule has 0 aliphatic heterocycles. The van der Waals surface area contributed by atoms with Crippen molar-refractivity contribution in [3.05, 3.63) is 30.6 Å². The van der Waals surface area contributed by atoms with Gasteiger partial charge < -0.3 is 12.4 Å². The highest BCUT2D eigenvalue weighted by Crippen LogP contribution is 2.10. The molecule has 0 aliphatic carbocycles. The van der Waals surface area contributed by atoms with Crippen LogP contribution in [0.5, 0.6) is 0 Å². The number of halogens is 2. The predicted molar refractivity (Wildman–Crippen MR) is 65.0 cm³/mol. The second-order valence-electron chi connectivity index (χ2n) is 4.02. The maximum Gasteiger partial charge on any atom is 0.168 e. The highest BCUT2D eigenvalue weighted by atomic mass is 35.5. The van der Waals surface area contributed by atoms with E-state index in [1.54, 1.807) is 0 Å². The standard InChI is InChI=1S/C13H21ClN.ClH/c1-2-3-4-6-9-13(14)12-15-10-7-5-8-11-15;/h5,7-8,10-11,13H,2-4,6,9,12H2,1H3;1H/q+1;/p-1. The normalized spacial score (nSPS) is 11.9. The Morgan fingerprint density at radius 3 is 2.38 bits per heavy atom. The first-order valence-corrected chi connectivity index (χ1v) is 6.34. The highest BCUT2D eigenvalue weighted by Gasteiger charge is 2.09. The lowest BCUT2D eigenvalue weighted by atomic mass is 10.1. The molecule has 3 heteroatoms. The van der Waals surface area contributed by atoms with Crippen LogP contribution in [0.4, 0.5) is 0 Å². The summed E-state index contributed by atoms with van der Waals surface area (Å²) < 4.78 is 2.15. The Bertz CT molecular complexity index is 251. The van der Waals surface area contributed by atoms with Gasteiger partial charge in [0.15, 0.2) is 18.9 Å². The van der Waals surface area contributed by atoms with Crippen LogP contribution in [0.3, 0.4) is 0 Å². The molecule has 0 saturated heterocycles. The molecule has 1 heterocycles. The fraction of sp³-hybridized carbons (Fsp3) is 0.615. The van der Waals surface area contributed by atoms with Gasteiger partial charge in [0.1, 0.15) is 0 Å². The van der Waals surface area contributed by atoms with E-state index < -0.39 is 0 Å². The van der Waals surface area contributed by atoms with Gasteiger partial charge >= 0.3 is 0 Å². The molecule has 0 fully saturated rings. The van der Waals surface area contributed by atoms with Crippen molar-refractivity contribution in [2.45, 2.75) is 50.9 Å². The van der Waals surface area contributed by atoms with Crippen molar-refractivity contribution in [1.29, 1.82) is 0 Å². The first-order valence-electron chi connectivity index (χ1n) is 5.91. The van der Waals surface area contributed by atoms with Gasteiger partial charge in [0.25, 0.3) is 0 Å². The maximum absolute atomic E-state index is 6.27. The summed E-state index contributed by atoms with van der Waals surface area (Å²) in [5.41, 5.74) is 0. The molecule has 0 spiro atoms. The number of hydrogen-bond acceptors (Lipinski definition) is 0. The summed E-state index contributed by atoms with van der Waals surface area (Å²) >= 11 is 6.27. The van der Waals surface area contributed by atoms with E-state index in [0.29, 0.717) is 0 Å². The summed E-state index contributed by atoms with van der Waals surface area (Å²) in [6.07, 6.45) is 10.5. The summed E-state index contributed by atoms with van der Waals surface area (Å²) in [7, 11) is 0. The van der Waals surface area contributed by atoms with Crippen LogP contribution >= 0.6 is 11.6 Å². The number of pyridine rings is 1. The van der Waals surface area contributed by atoms with Gasteiger partial charge in [0.05, 0.1) is 5.38 Å². The number of unbranched alkanes of at least 4 members (excludes halogenated alkanes) is 3. The van der Waals surface area contributed by atoms with E-state index in [4.69, 9.17) is 11.6 Å². The van der Waals surface area contributed by atoms with Crippen molar-refractivity contribution in [3.63, 3.8) is 0 Å². The molecule has 1 aromatic heterocycles. The van der Waals surface area contributed by atoms with E-state index >= 15 is 0 Å². The van der Waals surface area contributed by atoms with Crippen molar-refractivity contribution in [1.82, 2.24) is 0 Å². The fourth-order valence-corrected chi connectivity index (χ4v) is 1.98. The van der Waals surface area contributed by atoms with Crippen LogP contribution in [0.15, 0.2) is 30.6 Å². The minimum atomic E-state index is 0. The Hall–Kier alpha value is -0.270. The third-order valence-corrected chi connectivity index (χ3v) is 2.91. The van der Waals surface area contributed by atoms with Gasteiger partial charge in [-0.15, -0.1) is 11.6 Å². The lowest BCUT2D eigenvalue weighted by molar-refractivity contribution is -0.696. The molecule has 1 rings (SSSR count). The number of hydrogen-bond donors (Lipinski definition) is 0. The zero-order valence-electron chi connectivity index (χ0n) is 9.91. The van der Waals surface area contributed by atoms with E-state index in [-0.39, 0.29) is 17.8 Å². The van der Waals surface area contributed by atoms with E-state index in [1.165, 1.54) is 25.7 Å². The maximum atomic E-state index is 6.27. The Kier molecular flexibility index (Phi) is 9.75. The minimum Gasteiger partial charge on any atom is -1.00 e. The van der Waals surface area contributed by atoms with Crippen molar-refractivity contribution in [2.24, 2.45) is 0 Å². The van der Waals surface area contributed by atoms with E-state index in [0.717, 1.165) is 13.0 Å². The Labute approximate surface area is 110 Å². The van der Waals surface area contributed by atoms with E-state index in [1.807, 2.05) is 18.2 Å². The lowest BCUT2D eigenvalue weighted by Gasteiger charge is -2.05. The largest absolute Gasteiger partial charge is 1.00 e. The Morgan fingerprint density at radius 1 is 1.06 bits per heavy atom. The highest BCUT2D eigenvalue weighted by molar-refractivity contribution is 6.20. The molecule has 0 saturated carbocycles. The second kappa shape index (κ2) is 9.92. The fourth-order valence-electron chi connectivity index (χ4n) is 1.67. The van der Waals surface area contributed by atoms with Gasteiger partial charge in [0.2, 0.25) is 0 Å². The molecule has 0 bridgehead atoms. The Balaban J connectivity index is 0.00000225. The van der Waals surface area contributed by atoms with Gasteiger partial charge in [-0.25, -0.2) is 4.57 Å². The van der Waals surface area contributed by atoms with Crippen molar-refractivity contribution in [2.75, 3.05) is 0 Å². The number of rotatable bonds is 7. The molecule has 0 N–H and O–H groups in total. The van der Waals surface area contributed by atoms with Crippen molar-refractivity contribution in [3.8, 4) is 0 Å². The zero-order chi connectivity index (χ0) is 10.9. The molecule has 1 unspecified atom stereocenters. The smallest absolute Gasteiger partial charge is 0.168 e. The molecule has 0 radical (unpaired) electrons. The average molecular weight is 262 g/mol. The van der Waals surface area contributed by atoms with Gasteiger partial charge in [-0.2, -0.15) is 0 Å². The summed E-state index contributed by atoms with van der Waals surface area (Å²) in [6.45, 7) is 3.16. The van der Waals surface area contributed by atoms with Crippen LogP contribution in [0.2, 0.25) is 0 Å². The monoisotopic (exact) mass is 261 g/mol. The summed E-state index contributed by atoms with van der Waals surface area (Å²) in [5.74, 6) is 0. The SMILES string of the molecule is CCCCCCC(Cl)C[n+]1ccccc1.[Cl-]. The molecule has 16 heavy (non-hydrogen) atoms. The second-order valence-corrected chi connectivity index (χ2v) is 4.64. The summed E-state index contributed by atoms with van der Waals surface area (Å²) in [6, 6.07) is 6.11. The molecular weight excluding hydrogens is 241 g/mol.